The van der Waals surface area contributed by atoms with Gasteiger partial charge in [-0.15, -0.1) is 0 Å². The second kappa shape index (κ2) is 8.83. The molecule has 0 aliphatic carbocycles. The van der Waals surface area contributed by atoms with Crippen molar-refractivity contribution in [1.82, 2.24) is 5.32 Å². The van der Waals surface area contributed by atoms with Gasteiger partial charge in [-0.1, -0.05) is 66.7 Å². The Morgan fingerprint density at radius 2 is 1.50 bits per heavy atom. The third-order valence-electron chi connectivity index (χ3n) is 4.09. The minimum absolute atomic E-state index is 0.0477. The molecule has 0 bridgehead atoms. The van der Waals surface area contributed by atoms with Crippen molar-refractivity contribution in [3.8, 4) is 5.75 Å². The van der Waals surface area contributed by atoms with Gasteiger partial charge in [0.2, 0.25) is 5.91 Å². The molecule has 4 nitrogen and oxygen atoms in total. The van der Waals surface area contributed by atoms with Crippen molar-refractivity contribution in [2.45, 2.75) is 6.04 Å². The second-order valence-electron chi connectivity index (χ2n) is 5.92. The molecule has 0 heterocycles. The van der Waals surface area contributed by atoms with Crippen molar-refractivity contribution in [2.75, 3.05) is 19.0 Å². The molecule has 0 aliphatic rings. The van der Waals surface area contributed by atoms with Crippen LogP contribution in [0.15, 0.2) is 84.9 Å². The molecule has 3 rings (SSSR count). The first-order valence-corrected chi connectivity index (χ1v) is 8.53. The first kappa shape index (κ1) is 17.7. The van der Waals surface area contributed by atoms with E-state index in [0.29, 0.717) is 11.4 Å². The smallest absolute Gasteiger partial charge is 0.238 e. The van der Waals surface area contributed by atoms with Gasteiger partial charge in [-0.25, -0.2) is 0 Å². The highest BCUT2D eigenvalue weighted by Gasteiger charge is 2.14. The van der Waals surface area contributed by atoms with E-state index in [4.69, 9.17) is 4.74 Å². The SMILES string of the molecule is COc1cccc(NC(=O)CNC(c2ccccc2)c2ccccc2)c1. The van der Waals surface area contributed by atoms with Crippen LogP contribution in [0.25, 0.3) is 0 Å². The van der Waals surface area contributed by atoms with Crippen LogP contribution in [0.5, 0.6) is 5.75 Å². The maximum absolute atomic E-state index is 12.4. The molecule has 3 aromatic carbocycles. The van der Waals surface area contributed by atoms with Gasteiger partial charge in [-0.2, -0.15) is 0 Å². The molecule has 2 N–H and O–H groups in total. The van der Waals surface area contributed by atoms with E-state index < -0.39 is 0 Å². The third kappa shape index (κ3) is 4.71. The van der Waals surface area contributed by atoms with Crippen LogP contribution in [-0.2, 0) is 4.79 Å². The van der Waals surface area contributed by atoms with Crippen LogP contribution in [0.4, 0.5) is 5.69 Å². The van der Waals surface area contributed by atoms with Crippen molar-refractivity contribution in [3.63, 3.8) is 0 Å². The number of rotatable bonds is 7. The monoisotopic (exact) mass is 346 g/mol. The number of benzene rings is 3. The van der Waals surface area contributed by atoms with E-state index in [2.05, 4.69) is 34.9 Å². The van der Waals surface area contributed by atoms with Gasteiger partial charge in [0.15, 0.2) is 0 Å². The van der Waals surface area contributed by atoms with E-state index in [1.54, 1.807) is 13.2 Å². The lowest BCUT2D eigenvalue weighted by Crippen LogP contribution is -2.31. The predicted molar refractivity (Wildman–Crippen MR) is 104 cm³/mol. The van der Waals surface area contributed by atoms with E-state index in [9.17, 15) is 4.79 Å². The average molecular weight is 346 g/mol. The van der Waals surface area contributed by atoms with Gasteiger partial charge in [-0.05, 0) is 23.3 Å². The summed E-state index contributed by atoms with van der Waals surface area (Å²) < 4.78 is 5.18. The Balaban J connectivity index is 1.68. The highest BCUT2D eigenvalue weighted by molar-refractivity contribution is 5.92. The van der Waals surface area contributed by atoms with Gasteiger partial charge in [0.1, 0.15) is 5.75 Å². The Morgan fingerprint density at radius 1 is 0.885 bits per heavy atom. The van der Waals surface area contributed by atoms with Crippen molar-refractivity contribution in [2.24, 2.45) is 0 Å². The Morgan fingerprint density at radius 3 is 2.08 bits per heavy atom. The molecule has 0 aromatic heterocycles. The number of nitrogens with one attached hydrogen (secondary N) is 2. The maximum Gasteiger partial charge on any atom is 0.238 e. The first-order chi connectivity index (χ1) is 12.8. The molecule has 0 saturated heterocycles. The topological polar surface area (TPSA) is 50.4 Å². The minimum Gasteiger partial charge on any atom is -0.497 e. The molecule has 26 heavy (non-hydrogen) atoms. The standard InChI is InChI=1S/C22H22N2O2/c1-26-20-14-8-13-19(15-20)24-21(25)16-23-22(17-9-4-2-5-10-17)18-11-6-3-7-12-18/h2-15,22-23H,16H2,1H3,(H,24,25). The van der Waals surface area contributed by atoms with Crippen LogP contribution in [0.3, 0.4) is 0 Å². The lowest BCUT2D eigenvalue weighted by Gasteiger charge is -2.19. The zero-order chi connectivity index (χ0) is 18.2. The molecule has 0 unspecified atom stereocenters. The number of amides is 1. The van der Waals surface area contributed by atoms with Crippen LogP contribution in [0.2, 0.25) is 0 Å². The number of anilines is 1. The molecule has 0 saturated carbocycles. The summed E-state index contributed by atoms with van der Waals surface area (Å²) >= 11 is 0. The van der Waals surface area contributed by atoms with E-state index in [-0.39, 0.29) is 18.5 Å². The fourth-order valence-corrected chi connectivity index (χ4v) is 2.82. The van der Waals surface area contributed by atoms with Crippen molar-refractivity contribution in [3.05, 3.63) is 96.1 Å². The molecular formula is C22H22N2O2. The fourth-order valence-electron chi connectivity index (χ4n) is 2.82. The van der Waals surface area contributed by atoms with E-state index >= 15 is 0 Å². The van der Waals surface area contributed by atoms with Gasteiger partial charge in [-0.3, -0.25) is 10.1 Å². The molecule has 4 heteroatoms. The molecule has 0 radical (unpaired) electrons. The van der Waals surface area contributed by atoms with Crippen LogP contribution in [0, 0.1) is 0 Å². The van der Waals surface area contributed by atoms with Crippen LogP contribution in [0.1, 0.15) is 17.2 Å². The van der Waals surface area contributed by atoms with Gasteiger partial charge < -0.3 is 10.1 Å². The van der Waals surface area contributed by atoms with Crippen molar-refractivity contribution in [1.29, 1.82) is 0 Å². The normalized spacial score (nSPS) is 10.5. The van der Waals surface area contributed by atoms with E-state index in [0.717, 1.165) is 11.1 Å². The zero-order valence-electron chi connectivity index (χ0n) is 14.7. The Bertz CT molecular complexity index is 796. The highest BCUT2D eigenvalue weighted by atomic mass is 16.5. The maximum atomic E-state index is 12.4. The molecule has 132 valence electrons. The Kier molecular flexibility index (Phi) is 6.01. The molecule has 0 aliphatic heterocycles. The van der Waals surface area contributed by atoms with E-state index in [1.165, 1.54) is 0 Å². The summed E-state index contributed by atoms with van der Waals surface area (Å²) in [5, 5.41) is 6.25. The number of ether oxygens (including phenoxy) is 1. The number of hydrogen-bond donors (Lipinski definition) is 2. The fraction of sp³-hybridized carbons (Fsp3) is 0.136. The lowest BCUT2D eigenvalue weighted by atomic mass is 9.99. The van der Waals surface area contributed by atoms with Crippen molar-refractivity contribution >= 4 is 11.6 Å². The molecule has 1 amide bonds. The van der Waals surface area contributed by atoms with Crippen LogP contribution in [-0.4, -0.2) is 19.6 Å². The van der Waals surface area contributed by atoms with Crippen LogP contribution < -0.4 is 15.4 Å². The largest absolute Gasteiger partial charge is 0.497 e. The molecule has 0 atom stereocenters. The van der Waals surface area contributed by atoms with Gasteiger partial charge in [0.05, 0.1) is 19.7 Å². The average Bonchev–Trinajstić information content (AvgIpc) is 2.70. The summed E-state index contributed by atoms with van der Waals surface area (Å²) in [6.45, 7) is 0.200. The van der Waals surface area contributed by atoms with E-state index in [1.807, 2.05) is 54.6 Å². The molecular weight excluding hydrogens is 324 g/mol. The highest BCUT2D eigenvalue weighted by Crippen LogP contribution is 2.21. The summed E-state index contributed by atoms with van der Waals surface area (Å²) in [5.74, 6) is 0.609. The number of carbonyl (C=O) groups is 1. The molecule has 0 spiro atoms. The van der Waals surface area contributed by atoms with Gasteiger partial charge >= 0.3 is 0 Å². The minimum atomic E-state index is -0.102. The Hall–Kier alpha value is -3.11. The third-order valence-corrected chi connectivity index (χ3v) is 4.09. The van der Waals surface area contributed by atoms with Gasteiger partial charge in [0, 0.05) is 11.8 Å². The lowest BCUT2D eigenvalue weighted by molar-refractivity contribution is -0.115. The number of carbonyl (C=O) groups excluding carboxylic acids is 1. The van der Waals surface area contributed by atoms with Crippen LogP contribution >= 0.6 is 0 Å². The molecule has 0 fully saturated rings. The number of hydrogen-bond acceptors (Lipinski definition) is 3. The number of methoxy groups -OCH3 is 1. The zero-order valence-corrected chi connectivity index (χ0v) is 14.7. The second-order valence-corrected chi connectivity index (χ2v) is 5.92. The summed E-state index contributed by atoms with van der Waals surface area (Å²) in [6.07, 6.45) is 0. The summed E-state index contributed by atoms with van der Waals surface area (Å²) in [4.78, 5) is 12.4. The summed E-state index contributed by atoms with van der Waals surface area (Å²) in [5.41, 5.74) is 2.95. The predicted octanol–water partition coefficient (Wildman–Crippen LogP) is 4.01. The quantitative estimate of drug-likeness (QED) is 0.679. The summed E-state index contributed by atoms with van der Waals surface area (Å²) in [7, 11) is 1.60. The van der Waals surface area contributed by atoms with Crippen molar-refractivity contribution < 1.29 is 9.53 Å². The summed E-state index contributed by atoms with van der Waals surface area (Å²) in [6, 6.07) is 27.5. The molecule has 3 aromatic rings. The first-order valence-electron chi connectivity index (χ1n) is 8.53. The van der Waals surface area contributed by atoms with Gasteiger partial charge in [0.25, 0.3) is 0 Å². The Labute approximate surface area is 153 Å².